The molecule has 0 atom stereocenters. The summed E-state index contributed by atoms with van der Waals surface area (Å²) in [5.41, 5.74) is 12.3. The summed E-state index contributed by atoms with van der Waals surface area (Å²) in [7, 11) is 0. The van der Waals surface area contributed by atoms with Gasteiger partial charge in [-0.05, 0) is 31.2 Å². The molecule has 1 aromatic heterocycles. The minimum atomic E-state index is -0.260. The van der Waals surface area contributed by atoms with Crippen LogP contribution in [-0.2, 0) is 11.3 Å². The summed E-state index contributed by atoms with van der Waals surface area (Å²) in [6, 6.07) is 1.74. The third-order valence-electron chi connectivity index (χ3n) is 3.99. The molecule has 0 saturated carbocycles. The molecule has 4 N–H and O–H groups in total. The number of likely N-dealkylation sites (tertiary alicyclic amines) is 1. The molecule has 21 heavy (non-hydrogen) atoms. The fraction of sp³-hybridized carbons (Fsp3) is 0.600. The Bertz CT molecular complexity index is 516. The van der Waals surface area contributed by atoms with Crippen LogP contribution in [0.5, 0.6) is 0 Å². The molecule has 0 bridgehead atoms. The smallest absolute Gasteiger partial charge is 0.270 e. The van der Waals surface area contributed by atoms with Crippen LogP contribution >= 0.6 is 0 Å². The highest BCUT2D eigenvalue weighted by Crippen LogP contribution is 2.22. The molecule has 0 radical (unpaired) electrons. The van der Waals surface area contributed by atoms with Crippen molar-refractivity contribution < 1.29 is 9.59 Å². The van der Waals surface area contributed by atoms with Crippen LogP contribution in [-0.4, -0.2) is 34.4 Å². The Balaban J connectivity index is 2.00. The number of hydrogen-bond acceptors (Lipinski definition) is 3. The van der Waals surface area contributed by atoms with Crippen molar-refractivity contribution >= 4 is 17.5 Å². The Morgan fingerprint density at radius 3 is 2.57 bits per heavy atom. The maximum atomic E-state index is 12.6. The monoisotopic (exact) mass is 292 g/mol. The predicted octanol–water partition coefficient (Wildman–Crippen LogP) is 1.21. The summed E-state index contributed by atoms with van der Waals surface area (Å²) < 4.78 is 1.92. The van der Waals surface area contributed by atoms with E-state index in [0.717, 1.165) is 25.8 Å². The molecule has 116 valence electrons. The molecule has 0 unspecified atom stereocenters. The second-order valence-electron chi connectivity index (χ2n) is 5.76. The fourth-order valence-corrected chi connectivity index (χ4v) is 2.92. The van der Waals surface area contributed by atoms with Gasteiger partial charge in [-0.2, -0.15) is 0 Å². The Morgan fingerprint density at radius 2 is 2.00 bits per heavy atom. The van der Waals surface area contributed by atoms with E-state index in [1.54, 1.807) is 6.07 Å². The Kier molecular flexibility index (Phi) is 4.88. The van der Waals surface area contributed by atoms with Gasteiger partial charge in [0, 0.05) is 32.3 Å². The topological polar surface area (TPSA) is 94.3 Å². The highest BCUT2D eigenvalue weighted by Gasteiger charge is 2.26. The summed E-state index contributed by atoms with van der Waals surface area (Å²) in [5, 5.41) is 0. The normalized spacial score (nSPS) is 16.1. The number of primary amides is 1. The van der Waals surface area contributed by atoms with E-state index in [1.165, 1.54) is 0 Å². The van der Waals surface area contributed by atoms with Gasteiger partial charge in [0.1, 0.15) is 5.69 Å². The van der Waals surface area contributed by atoms with Crippen molar-refractivity contribution in [1.82, 2.24) is 9.47 Å². The average molecular weight is 292 g/mol. The van der Waals surface area contributed by atoms with Crippen molar-refractivity contribution in [3.8, 4) is 0 Å². The van der Waals surface area contributed by atoms with E-state index in [-0.39, 0.29) is 11.8 Å². The van der Waals surface area contributed by atoms with E-state index in [2.05, 4.69) is 6.92 Å². The Labute approximate surface area is 125 Å². The lowest BCUT2D eigenvalue weighted by atomic mass is 9.93. The molecule has 1 aliphatic rings. The zero-order valence-electron chi connectivity index (χ0n) is 12.5. The van der Waals surface area contributed by atoms with E-state index >= 15 is 0 Å². The molecule has 1 aromatic rings. The van der Waals surface area contributed by atoms with Crippen LogP contribution in [0.25, 0.3) is 0 Å². The van der Waals surface area contributed by atoms with Crippen molar-refractivity contribution in [2.75, 3.05) is 18.8 Å². The third kappa shape index (κ3) is 3.77. The quantitative estimate of drug-likeness (QED) is 0.854. The van der Waals surface area contributed by atoms with E-state index in [0.29, 0.717) is 36.8 Å². The molecule has 6 heteroatoms. The van der Waals surface area contributed by atoms with Crippen molar-refractivity contribution in [2.24, 2.45) is 11.7 Å². The van der Waals surface area contributed by atoms with Crippen LogP contribution in [0, 0.1) is 5.92 Å². The van der Waals surface area contributed by atoms with Gasteiger partial charge >= 0.3 is 0 Å². The lowest BCUT2D eigenvalue weighted by Crippen LogP contribution is -2.40. The first-order chi connectivity index (χ1) is 10.0. The van der Waals surface area contributed by atoms with E-state index in [9.17, 15) is 9.59 Å². The summed E-state index contributed by atoms with van der Waals surface area (Å²) in [4.78, 5) is 25.4. The molecule has 0 aliphatic carbocycles. The van der Waals surface area contributed by atoms with Crippen molar-refractivity contribution in [2.45, 2.75) is 39.2 Å². The van der Waals surface area contributed by atoms with Crippen molar-refractivity contribution in [1.29, 1.82) is 0 Å². The van der Waals surface area contributed by atoms with Gasteiger partial charge in [0.25, 0.3) is 5.91 Å². The number of rotatable bonds is 5. The zero-order chi connectivity index (χ0) is 15.4. The minimum Gasteiger partial charge on any atom is -0.397 e. The molecule has 1 saturated heterocycles. The summed E-state index contributed by atoms with van der Waals surface area (Å²) >= 11 is 0. The number of anilines is 1. The number of nitrogens with two attached hydrogens (primary N) is 2. The van der Waals surface area contributed by atoms with Crippen molar-refractivity contribution in [3.05, 3.63) is 18.0 Å². The predicted molar refractivity (Wildman–Crippen MR) is 81.6 cm³/mol. The summed E-state index contributed by atoms with van der Waals surface area (Å²) in [6.07, 6.45) is 4.85. The van der Waals surface area contributed by atoms with Gasteiger partial charge in [-0.3, -0.25) is 9.59 Å². The largest absolute Gasteiger partial charge is 0.397 e. The number of aryl methyl sites for hydroxylation is 1. The summed E-state index contributed by atoms with van der Waals surface area (Å²) in [6.45, 7) is 4.21. The second-order valence-corrected chi connectivity index (χ2v) is 5.76. The standard InChI is InChI=1S/C15H24N4O2/c1-2-5-19-10-12(16)9-13(19)15(21)18-6-3-11(4-7-18)8-14(17)20/h9-11H,2-8,16H2,1H3,(H2,17,20). The molecular weight excluding hydrogens is 268 g/mol. The number of nitrogens with zero attached hydrogens (tertiary/aromatic N) is 2. The average Bonchev–Trinajstić information content (AvgIpc) is 2.79. The number of piperidine rings is 1. The van der Waals surface area contributed by atoms with Crippen LogP contribution in [0.15, 0.2) is 12.3 Å². The van der Waals surface area contributed by atoms with Gasteiger partial charge < -0.3 is 20.9 Å². The van der Waals surface area contributed by atoms with E-state index < -0.39 is 0 Å². The lowest BCUT2D eigenvalue weighted by molar-refractivity contribution is -0.119. The number of carbonyl (C=O) groups is 2. The van der Waals surface area contributed by atoms with Gasteiger partial charge in [0.05, 0.1) is 5.69 Å². The SMILES string of the molecule is CCCn1cc(N)cc1C(=O)N1CCC(CC(N)=O)CC1. The highest BCUT2D eigenvalue weighted by molar-refractivity contribution is 5.94. The molecule has 2 rings (SSSR count). The van der Waals surface area contributed by atoms with Crippen LogP contribution in [0.1, 0.15) is 43.1 Å². The number of carbonyl (C=O) groups excluding carboxylic acids is 2. The van der Waals surface area contributed by atoms with Gasteiger partial charge in [-0.1, -0.05) is 6.92 Å². The number of nitrogen functional groups attached to an aromatic ring is 1. The molecule has 2 amide bonds. The number of amides is 2. The Morgan fingerprint density at radius 1 is 1.33 bits per heavy atom. The maximum Gasteiger partial charge on any atom is 0.270 e. The molecular formula is C15H24N4O2. The fourth-order valence-electron chi connectivity index (χ4n) is 2.92. The summed E-state index contributed by atoms with van der Waals surface area (Å²) in [5.74, 6) is 0.0705. The zero-order valence-corrected chi connectivity index (χ0v) is 12.5. The van der Waals surface area contributed by atoms with Gasteiger partial charge in [0.2, 0.25) is 5.91 Å². The molecule has 2 heterocycles. The Hall–Kier alpha value is -1.98. The van der Waals surface area contributed by atoms with Crippen LogP contribution in [0.3, 0.4) is 0 Å². The highest BCUT2D eigenvalue weighted by atomic mass is 16.2. The van der Waals surface area contributed by atoms with Gasteiger partial charge in [-0.25, -0.2) is 0 Å². The van der Waals surface area contributed by atoms with Crippen LogP contribution in [0.4, 0.5) is 5.69 Å². The number of hydrogen-bond donors (Lipinski definition) is 2. The van der Waals surface area contributed by atoms with Gasteiger partial charge in [0.15, 0.2) is 0 Å². The number of aromatic nitrogens is 1. The minimum absolute atomic E-state index is 0.0256. The third-order valence-corrected chi connectivity index (χ3v) is 3.99. The van der Waals surface area contributed by atoms with E-state index in [4.69, 9.17) is 11.5 Å². The molecule has 1 aliphatic heterocycles. The van der Waals surface area contributed by atoms with Crippen molar-refractivity contribution in [3.63, 3.8) is 0 Å². The first-order valence-corrected chi connectivity index (χ1v) is 7.54. The van der Waals surface area contributed by atoms with Crippen LogP contribution < -0.4 is 11.5 Å². The molecule has 0 aromatic carbocycles. The maximum absolute atomic E-state index is 12.6. The van der Waals surface area contributed by atoms with E-state index in [1.807, 2.05) is 15.7 Å². The lowest BCUT2D eigenvalue weighted by Gasteiger charge is -2.31. The molecule has 0 spiro atoms. The second kappa shape index (κ2) is 6.65. The molecule has 6 nitrogen and oxygen atoms in total. The van der Waals surface area contributed by atoms with Crippen LogP contribution in [0.2, 0.25) is 0 Å². The first kappa shape index (κ1) is 15.4. The van der Waals surface area contributed by atoms with Gasteiger partial charge in [-0.15, -0.1) is 0 Å². The molecule has 1 fully saturated rings. The first-order valence-electron chi connectivity index (χ1n) is 7.54.